The van der Waals surface area contributed by atoms with Gasteiger partial charge in [0.15, 0.2) is 11.2 Å². The molecule has 104 valence electrons. The standard InChI is InChI=1S/C16H12N2O3/c1-11-17-18-16(20-11)15-10-13(19)9-14(21-15)8-7-12-5-3-2-4-6-12/h2-10H,1H3/b8-7+. The maximum Gasteiger partial charge on any atom is 0.283 e. The molecule has 3 aromatic rings. The van der Waals surface area contributed by atoms with Crippen molar-refractivity contribution in [3.05, 3.63) is 69.9 Å². The molecule has 0 saturated carbocycles. The van der Waals surface area contributed by atoms with Crippen LogP contribution in [0.5, 0.6) is 0 Å². The smallest absolute Gasteiger partial charge is 0.283 e. The first kappa shape index (κ1) is 13.1. The fourth-order valence-corrected chi connectivity index (χ4v) is 1.82. The van der Waals surface area contributed by atoms with Gasteiger partial charge in [-0.15, -0.1) is 10.2 Å². The van der Waals surface area contributed by atoms with Gasteiger partial charge < -0.3 is 8.83 Å². The minimum absolute atomic E-state index is 0.181. The van der Waals surface area contributed by atoms with E-state index in [1.165, 1.54) is 12.1 Å². The fourth-order valence-electron chi connectivity index (χ4n) is 1.82. The molecule has 0 spiro atoms. The van der Waals surface area contributed by atoms with Crippen LogP contribution in [0.2, 0.25) is 0 Å². The van der Waals surface area contributed by atoms with Gasteiger partial charge in [0.1, 0.15) is 5.76 Å². The Hall–Kier alpha value is -2.95. The van der Waals surface area contributed by atoms with Crippen LogP contribution in [0.3, 0.4) is 0 Å². The number of benzene rings is 1. The van der Waals surface area contributed by atoms with E-state index >= 15 is 0 Å². The molecule has 21 heavy (non-hydrogen) atoms. The van der Waals surface area contributed by atoms with E-state index in [1.54, 1.807) is 13.0 Å². The highest BCUT2D eigenvalue weighted by atomic mass is 16.4. The predicted molar refractivity (Wildman–Crippen MR) is 78.4 cm³/mol. The van der Waals surface area contributed by atoms with Crippen molar-refractivity contribution in [1.29, 1.82) is 0 Å². The molecule has 0 radical (unpaired) electrons. The van der Waals surface area contributed by atoms with Crippen LogP contribution < -0.4 is 5.43 Å². The van der Waals surface area contributed by atoms with Gasteiger partial charge in [0.05, 0.1) is 0 Å². The average molecular weight is 280 g/mol. The van der Waals surface area contributed by atoms with E-state index in [2.05, 4.69) is 10.2 Å². The molecule has 0 fully saturated rings. The molecule has 0 aliphatic rings. The second kappa shape index (κ2) is 5.58. The van der Waals surface area contributed by atoms with Crippen molar-refractivity contribution in [2.75, 3.05) is 0 Å². The molecule has 0 aliphatic carbocycles. The SMILES string of the molecule is Cc1nnc(-c2cc(=O)cc(/C=C/c3ccccc3)o2)o1. The van der Waals surface area contributed by atoms with Crippen molar-refractivity contribution in [2.45, 2.75) is 6.92 Å². The van der Waals surface area contributed by atoms with Crippen molar-refractivity contribution in [1.82, 2.24) is 10.2 Å². The molecule has 0 unspecified atom stereocenters. The minimum Gasteiger partial charge on any atom is -0.451 e. The second-order valence-corrected chi connectivity index (χ2v) is 4.43. The number of hydrogen-bond donors (Lipinski definition) is 0. The lowest BCUT2D eigenvalue weighted by molar-refractivity contribution is 0.486. The van der Waals surface area contributed by atoms with Gasteiger partial charge >= 0.3 is 0 Å². The summed E-state index contributed by atoms with van der Waals surface area (Å²) >= 11 is 0. The normalized spacial score (nSPS) is 11.1. The number of aryl methyl sites for hydroxylation is 1. The van der Waals surface area contributed by atoms with Gasteiger partial charge in [-0.25, -0.2) is 0 Å². The Bertz CT molecular complexity index is 832. The molecule has 5 nitrogen and oxygen atoms in total. The molecule has 0 saturated heterocycles. The van der Waals surface area contributed by atoms with Crippen molar-refractivity contribution >= 4 is 12.2 Å². The van der Waals surface area contributed by atoms with Gasteiger partial charge in [0.25, 0.3) is 5.89 Å². The lowest BCUT2D eigenvalue weighted by Crippen LogP contribution is -1.98. The molecular formula is C16H12N2O3. The lowest BCUT2D eigenvalue weighted by atomic mass is 10.2. The van der Waals surface area contributed by atoms with Crippen molar-refractivity contribution < 1.29 is 8.83 Å². The Balaban J connectivity index is 1.95. The summed E-state index contributed by atoms with van der Waals surface area (Å²) < 4.78 is 10.9. The van der Waals surface area contributed by atoms with Crippen LogP contribution in [0, 0.1) is 6.92 Å². The summed E-state index contributed by atoms with van der Waals surface area (Å²) in [5.41, 5.74) is 0.832. The van der Waals surface area contributed by atoms with Crippen LogP contribution in [0.15, 0.2) is 56.1 Å². The molecule has 5 heteroatoms. The zero-order valence-corrected chi connectivity index (χ0v) is 11.3. The van der Waals surface area contributed by atoms with Gasteiger partial charge in [0.2, 0.25) is 5.89 Å². The number of rotatable bonds is 3. The van der Waals surface area contributed by atoms with Crippen LogP contribution in [0.1, 0.15) is 17.2 Å². The Morgan fingerprint density at radius 2 is 1.81 bits per heavy atom. The van der Waals surface area contributed by atoms with E-state index in [9.17, 15) is 4.79 Å². The van der Waals surface area contributed by atoms with E-state index in [4.69, 9.17) is 8.83 Å². The van der Waals surface area contributed by atoms with Crippen LogP contribution in [0.4, 0.5) is 0 Å². The third-order valence-corrected chi connectivity index (χ3v) is 2.76. The number of aromatic nitrogens is 2. The maximum absolute atomic E-state index is 11.7. The van der Waals surface area contributed by atoms with Crippen molar-refractivity contribution in [3.8, 4) is 11.7 Å². The monoisotopic (exact) mass is 280 g/mol. The highest BCUT2D eigenvalue weighted by molar-refractivity contribution is 5.67. The molecule has 0 N–H and O–H groups in total. The maximum atomic E-state index is 11.7. The number of hydrogen-bond acceptors (Lipinski definition) is 5. The van der Waals surface area contributed by atoms with Gasteiger partial charge in [-0.2, -0.15) is 0 Å². The lowest BCUT2D eigenvalue weighted by Gasteiger charge is -1.97. The van der Waals surface area contributed by atoms with Gasteiger partial charge in [-0.05, 0) is 11.6 Å². The van der Waals surface area contributed by atoms with Crippen LogP contribution in [-0.2, 0) is 0 Å². The summed E-state index contributed by atoms with van der Waals surface area (Å²) in [6.45, 7) is 1.67. The fraction of sp³-hybridized carbons (Fsp3) is 0.0625. The minimum atomic E-state index is -0.181. The van der Waals surface area contributed by atoms with Gasteiger partial charge in [-0.3, -0.25) is 4.79 Å². The zero-order valence-electron chi connectivity index (χ0n) is 11.3. The third-order valence-electron chi connectivity index (χ3n) is 2.76. The van der Waals surface area contributed by atoms with Crippen molar-refractivity contribution in [3.63, 3.8) is 0 Å². The molecule has 0 amide bonds. The summed E-state index contributed by atoms with van der Waals surface area (Å²) in [6.07, 6.45) is 3.59. The Morgan fingerprint density at radius 3 is 2.52 bits per heavy atom. The quantitative estimate of drug-likeness (QED) is 0.737. The first-order chi connectivity index (χ1) is 10.2. The van der Waals surface area contributed by atoms with Crippen LogP contribution >= 0.6 is 0 Å². The summed E-state index contributed by atoms with van der Waals surface area (Å²) in [7, 11) is 0. The van der Waals surface area contributed by atoms with Crippen LogP contribution in [-0.4, -0.2) is 10.2 Å². The molecule has 2 heterocycles. The molecule has 0 atom stereocenters. The average Bonchev–Trinajstić information content (AvgIpc) is 2.92. The van der Waals surface area contributed by atoms with Crippen molar-refractivity contribution in [2.24, 2.45) is 0 Å². The molecule has 3 rings (SSSR count). The first-order valence-electron chi connectivity index (χ1n) is 6.39. The number of nitrogens with zero attached hydrogens (tertiary/aromatic N) is 2. The van der Waals surface area contributed by atoms with E-state index in [-0.39, 0.29) is 17.1 Å². The zero-order chi connectivity index (χ0) is 14.7. The summed E-state index contributed by atoms with van der Waals surface area (Å²) in [6, 6.07) is 12.5. The largest absolute Gasteiger partial charge is 0.451 e. The van der Waals surface area contributed by atoms with Gasteiger partial charge in [-0.1, -0.05) is 36.4 Å². The van der Waals surface area contributed by atoms with E-state index in [0.717, 1.165) is 5.56 Å². The summed E-state index contributed by atoms with van der Waals surface area (Å²) in [4.78, 5) is 11.7. The Labute approximate surface area is 120 Å². The third kappa shape index (κ3) is 3.14. The highest BCUT2D eigenvalue weighted by Crippen LogP contribution is 2.18. The topological polar surface area (TPSA) is 69.1 Å². The van der Waals surface area contributed by atoms with Crippen LogP contribution in [0.25, 0.3) is 23.8 Å². The van der Waals surface area contributed by atoms with E-state index in [0.29, 0.717) is 11.7 Å². The molecule has 0 aliphatic heterocycles. The second-order valence-electron chi connectivity index (χ2n) is 4.43. The first-order valence-corrected chi connectivity index (χ1v) is 6.39. The Kier molecular flexibility index (Phi) is 3.47. The van der Waals surface area contributed by atoms with Gasteiger partial charge in [0, 0.05) is 19.1 Å². The summed E-state index contributed by atoms with van der Waals surface area (Å²) in [5.74, 6) is 1.30. The van der Waals surface area contributed by atoms with E-state index < -0.39 is 0 Å². The molecule has 2 aromatic heterocycles. The predicted octanol–water partition coefficient (Wildman–Crippen LogP) is 3.17. The van der Waals surface area contributed by atoms with E-state index in [1.807, 2.05) is 36.4 Å². The molecule has 1 aromatic carbocycles. The Morgan fingerprint density at radius 1 is 1.00 bits per heavy atom. The highest BCUT2D eigenvalue weighted by Gasteiger charge is 2.10. The molecule has 0 bridgehead atoms. The summed E-state index contributed by atoms with van der Waals surface area (Å²) in [5, 5.41) is 7.56. The molecular weight excluding hydrogens is 268 g/mol.